The van der Waals surface area contributed by atoms with Gasteiger partial charge >= 0.3 is 0 Å². The Hall–Kier alpha value is -1.33. The van der Waals surface area contributed by atoms with Crippen LogP contribution in [0.15, 0.2) is 6.33 Å². The highest BCUT2D eigenvalue weighted by Crippen LogP contribution is 2.04. The molecule has 5 heteroatoms. The van der Waals surface area contributed by atoms with Crippen molar-refractivity contribution in [2.45, 2.75) is 6.54 Å². The van der Waals surface area contributed by atoms with Crippen molar-refractivity contribution < 1.29 is 0 Å². The Morgan fingerprint density at radius 2 is 2.25 bits per heavy atom. The second-order valence-electron chi connectivity index (χ2n) is 2.05. The summed E-state index contributed by atoms with van der Waals surface area (Å²) < 4.78 is 1.65. The van der Waals surface area contributed by atoms with Crippen LogP contribution in [0.4, 0.5) is 0 Å². The molecule has 1 aromatic rings. The fourth-order valence-corrected chi connectivity index (χ4v) is 1.22. The molecule has 0 aliphatic heterocycles. The molecular formula is C7H5BrN4. The van der Waals surface area contributed by atoms with Gasteiger partial charge in [-0.2, -0.15) is 10.5 Å². The number of hydrogen-bond donors (Lipinski definition) is 0. The fraction of sp³-hybridized carbons (Fsp3) is 0.286. The summed E-state index contributed by atoms with van der Waals surface area (Å²) in [6.07, 6.45) is 1.50. The number of rotatable bonds is 2. The first-order chi connectivity index (χ1) is 5.83. The second-order valence-corrected chi connectivity index (χ2v) is 2.84. The zero-order valence-corrected chi connectivity index (χ0v) is 7.74. The summed E-state index contributed by atoms with van der Waals surface area (Å²) in [5, 5.41) is 18.0. The zero-order valence-electron chi connectivity index (χ0n) is 6.16. The van der Waals surface area contributed by atoms with Crippen LogP contribution in [0.5, 0.6) is 0 Å². The number of nitriles is 2. The summed E-state index contributed by atoms with van der Waals surface area (Å²) in [5.41, 5.74) is 0.524. The predicted octanol–water partition coefficient (Wildman–Crippen LogP) is 1.02. The maximum atomic E-state index is 8.67. The average molecular weight is 225 g/mol. The van der Waals surface area contributed by atoms with Crippen molar-refractivity contribution in [1.82, 2.24) is 9.55 Å². The maximum absolute atomic E-state index is 8.67. The van der Waals surface area contributed by atoms with Crippen LogP contribution in [0, 0.1) is 22.7 Å². The Balaban J connectivity index is 3.09. The Labute approximate surface area is 78.2 Å². The van der Waals surface area contributed by atoms with Gasteiger partial charge in [0.25, 0.3) is 0 Å². The molecule has 0 amide bonds. The molecule has 0 aromatic carbocycles. The Morgan fingerprint density at radius 3 is 2.75 bits per heavy atom. The van der Waals surface area contributed by atoms with Crippen LogP contribution in [0.3, 0.4) is 0 Å². The van der Waals surface area contributed by atoms with E-state index in [4.69, 9.17) is 10.5 Å². The largest absolute Gasteiger partial charge is 0.320 e. The van der Waals surface area contributed by atoms with E-state index in [9.17, 15) is 0 Å². The van der Waals surface area contributed by atoms with E-state index in [-0.39, 0.29) is 5.69 Å². The normalized spacial score (nSPS) is 8.92. The number of aryl methyl sites for hydroxylation is 1. The van der Waals surface area contributed by atoms with E-state index in [1.54, 1.807) is 4.57 Å². The summed E-state index contributed by atoms with van der Waals surface area (Å²) in [5.74, 6) is 0. The molecule has 0 aliphatic carbocycles. The lowest BCUT2D eigenvalue weighted by atomic mass is 10.3. The van der Waals surface area contributed by atoms with Crippen LogP contribution in [0.2, 0.25) is 0 Å². The Kier molecular flexibility index (Phi) is 2.84. The molecule has 0 bridgehead atoms. The third-order valence-corrected chi connectivity index (χ3v) is 1.73. The first-order valence-corrected chi connectivity index (χ1v) is 4.37. The lowest BCUT2D eigenvalue weighted by molar-refractivity contribution is 0.763. The molecule has 0 N–H and O–H groups in total. The highest BCUT2D eigenvalue weighted by molar-refractivity contribution is 9.09. The minimum Gasteiger partial charge on any atom is -0.320 e. The molecule has 0 saturated heterocycles. The van der Waals surface area contributed by atoms with Crippen molar-refractivity contribution in [2.75, 3.05) is 5.33 Å². The van der Waals surface area contributed by atoms with E-state index < -0.39 is 0 Å². The van der Waals surface area contributed by atoms with Crippen LogP contribution in [-0.2, 0) is 6.54 Å². The quantitative estimate of drug-likeness (QED) is 0.705. The lowest BCUT2D eigenvalue weighted by Gasteiger charge is -1.97. The molecule has 1 rings (SSSR count). The third kappa shape index (κ3) is 1.46. The number of aromatic nitrogens is 2. The van der Waals surface area contributed by atoms with Crippen molar-refractivity contribution in [3.05, 3.63) is 17.7 Å². The van der Waals surface area contributed by atoms with E-state index in [2.05, 4.69) is 20.9 Å². The van der Waals surface area contributed by atoms with Crippen LogP contribution in [0.1, 0.15) is 11.4 Å². The monoisotopic (exact) mass is 224 g/mol. The van der Waals surface area contributed by atoms with Crippen molar-refractivity contribution >= 4 is 15.9 Å². The van der Waals surface area contributed by atoms with Crippen LogP contribution < -0.4 is 0 Å². The topological polar surface area (TPSA) is 65.4 Å². The van der Waals surface area contributed by atoms with E-state index in [0.717, 1.165) is 5.33 Å². The molecule has 1 heterocycles. The van der Waals surface area contributed by atoms with Gasteiger partial charge in [0.05, 0.1) is 6.33 Å². The molecular weight excluding hydrogens is 220 g/mol. The highest BCUT2D eigenvalue weighted by Gasteiger charge is 2.08. The number of hydrogen-bond acceptors (Lipinski definition) is 3. The van der Waals surface area contributed by atoms with Crippen molar-refractivity contribution in [3.8, 4) is 12.1 Å². The number of alkyl halides is 1. The van der Waals surface area contributed by atoms with Crippen LogP contribution in [0.25, 0.3) is 0 Å². The Morgan fingerprint density at radius 1 is 1.50 bits per heavy atom. The summed E-state index contributed by atoms with van der Waals surface area (Å²) in [4.78, 5) is 3.78. The van der Waals surface area contributed by atoms with Gasteiger partial charge in [-0.3, -0.25) is 0 Å². The van der Waals surface area contributed by atoms with Gasteiger partial charge < -0.3 is 4.57 Å². The molecule has 0 saturated carbocycles. The van der Waals surface area contributed by atoms with Crippen LogP contribution in [-0.4, -0.2) is 14.9 Å². The minimum absolute atomic E-state index is 0.193. The van der Waals surface area contributed by atoms with Gasteiger partial charge in [-0.1, -0.05) is 15.9 Å². The average Bonchev–Trinajstić information content (AvgIpc) is 2.47. The molecule has 4 nitrogen and oxygen atoms in total. The van der Waals surface area contributed by atoms with Crippen molar-refractivity contribution in [3.63, 3.8) is 0 Å². The van der Waals surface area contributed by atoms with Gasteiger partial charge in [0, 0.05) is 11.9 Å². The molecule has 12 heavy (non-hydrogen) atoms. The standard InChI is InChI=1S/C7H5BrN4/c8-1-2-12-5-11-6(3-9)7(12)4-10/h5H,1-2H2. The molecule has 1 aromatic heterocycles. The van der Waals surface area contributed by atoms with E-state index in [1.165, 1.54) is 6.33 Å². The molecule has 0 spiro atoms. The minimum atomic E-state index is 0.193. The predicted molar refractivity (Wildman–Crippen MR) is 45.5 cm³/mol. The SMILES string of the molecule is N#Cc1ncn(CCBr)c1C#N. The maximum Gasteiger partial charge on any atom is 0.176 e. The van der Waals surface area contributed by atoms with Gasteiger partial charge in [-0.15, -0.1) is 0 Å². The smallest absolute Gasteiger partial charge is 0.176 e. The summed E-state index contributed by atoms with van der Waals surface area (Å²) >= 11 is 3.24. The van der Waals surface area contributed by atoms with Gasteiger partial charge in [-0.25, -0.2) is 4.98 Å². The van der Waals surface area contributed by atoms with E-state index >= 15 is 0 Å². The van der Waals surface area contributed by atoms with Crippen molar-refractivity contribution in [1.29, 1.82) is 10.5 Å². The first-order valence-electron chi connectivity index (χ1n) is 3.24. The van der Waals surface area contributed by atoms with E-state index in [0.29, 0.717) is 12.2 Å². The zero-order chi connectivity index (χ0) is 8.97. The second kappa shape index (κ2) is 3.89. The summed E-state index contributed by atoms with van der Waals surface area (Å²) in [6.45, 7) is 0.650. The van der Waals surface area contributed by atoms with Gasteiger partial charge in [0.15, 0.2) is 11.4 Å². The number of imidazole rings is 1. The molecule has 0 aliphatic rings. The fourth-order valence-electron chi connectivity index (χ4n) is 0.842. The van der Waals surface area contributed by atoms with Gasteiger partial charge in [0.1, 0.15) is 12.1 Å². The van der Waals surface area contributed by atoms with Gasteiger partial charge in [0.2, 0.25) is 0 Å². The molecule has 0 fully saturated rings. The van der Waals surface area contributed by atoms with Crippen molar-refractivity contribution in [2.24, 2.45) is 0 Å². The third-order valence-electron chi connectivity index (χ3n) is 1.37. The molecule has 0 radical (unpaired) electrons. The van der Waals surface area contributed by atoms with E-state index in [1.807, 2.05) is 12.1 Å². The Bertz CT molecular complexity index is 354. The number of halogens is 1. The van der Waals surface area contributed by atoms with Crippen LogP contribution >= 0.6 is 15.9 Å². The molecule has 60 valence electrons. The summed E-state index contributed by atoms with van der Waals surface area (Å²) in [7, 11) is 0. The summed E-state index contributed by atoms with van der Waals surface area (Å²) in [6, 6.07) is 3.79. The molecule has 0 unspecified atom stereocenters. The first kappa shape index (κ1) is 8.76. The number of nitrogens with zero attached hydrogens (tertiary/aromatic N) is 4. The van der Waals surface area contributed by atoms with Gasteiger partial charge in [-0.05, 0) is 0 Å². The molecule has 0 atom stereocenters. The highest BCUT2D eigenvalue weighted by atomic mass is 79.9. The lowest BCUT2D eigenvalue weighted by Crippen LogP contribution is -2.00.